The molecule has 4 rings (SSSR count). The van der Waals surface area contributed by atoms with Gasteiger partial charge in [-0.1, -0.05) is 42.5 Å². The molecule has 0 atom stereocenters. The number of hydrogen-bond acceptors (Lipinski definition) is 6. The standard InChI is InChI=1S/C25H23N3O5/c1-32-21-13-12-17(16-22(21)33-2)14-15-26-23-19-10-6-7-11-20(19)27(18-8-4-3-5-9-18)25(29)24(23)28(30)31/h3-13,16,26H,14-15H2,1-2H3. The minimum absolute atomic E-state index is 0.216. The van der Waals surface area contributed by atoms with E-state index in [1.165, 1.54) is 4.57 Å². The van der Waals surface area contributed by atoms with E-state index in [-0.39, 0.29) is 5.69 Å². The highest BCUT2D eigenvalue weighted by Gasteiger charge is 2.26. The maximum absolute atomic E-state index is 13.3. The minimum Gasteiger partial charge on any atom is -0.493 e. The molecule has 33 heavy (non-hydrogen) atoms. The van der Waals surface area contributed by atoms with E-state index in [0.717, 1.165) is 5.56 Å². The van der Waals surface area contributed by atoms with Crippen LogP contribution >= 0.6 is 0 Å². The topological polar surface area (TPSA) is 95.6 Å². The predicted octanol–water partition coefficient (Wildman–Crippen LogP) is 4.57. The predicted molar refractivity (Wildman–Crippen MR) is 128 cm³/mol. The molecule has 0 bridgehead atoms. The van der Waals surface area contributed by atoms with Crippen LogP contribution in [-0.4, -0.2) is 30.3 Å². The molecule has 0 aliphatic heterocycles. The van der Waals surface area contributed by atoms with Gasteiger partial charge in [0.2, 0.25) is 0 Å². The summed E-state index contributed by atoms with van der Waals surface area (Å²) >= 11 is 0. The molecular weight excluding hydrogens is 422 g/mol. The van der Waals surface area contributed by atoms with Gasteiger partial charge in [0.1, 0.15) is 5.69 Å². The third-order valence-corrected chi connectivity index (χ3v) is 5.42. The van der Waals surface area contributed by atoms with Crippen molar-refractivity contribution in [3.05, 3.63) is 98.8 Å². The van der Waals surface area contributed by atoms with E-state index in [1.807, 2.05) is 24.3 Å². The molecule has 8 nitrogen and oxygen atoms in total. The maximum Gasteiger partial charge on any atom is 0.357 e. The monoisotopic (exact) mass is 445 g/mol. The number of methoxy groups -OCH3 is 2. The van der Waals surface area contributed by atoms with Crippen molar-refractivity contribution in [2.24, 2.45) is 0 Å². The van der Waals surface area contributed by atoms with Crippen LogP contribution in [0.4, 0.5) is 11.4 Å². The summed E-state index contributed by atoms with van der Waals surface area (Å²) in [7, 11) is 3.14. The van der Waals surface area contributed by atoms with Crippen molar-refractivity contribution < 1.29 is 14.4 Å². The Morgan fingerprint density at radius 3 is 2.33 bits per heavy atom. The van der Waals surface area contributed by atoms with Gasteiger partial charge in [-0.2, -0.15) is 0 Å². The molecule has 0 amide bonds. The fourth-order valence-electron chi connectivity index (χ4n) is 3.88. The Balaban J connectivity index is 1.75. The number of fused-ring (bicyclic) bond motifs is 1. The summed E-state index contributed by atoms with van der Waals surface area (Å²) < 4.78 is 12.0. The van der Waals surface area contributed by atoms with Crippen molar-refractivity contribution in [2.75, 3.05) is 26.1 Å². The minimum atomic E-state index is -0.682. The first-order valence-corrected chi connectivity index (χ1v) is 10.4. The van der Waals surface area contributed by atoms with E-state index < -0.39 is 16.2 Å². The molecule has 4 aromatic rings. The Morgan fingerprint density at radius 2 is 1.64 bits per heavy atom. The lowest BCUT2D eigenvalue weighted by Gasteiger charge is -2.15. The van der Waals surface area contributed by atoms with Crippen LogP contribution < -0.4 is 20.3 Å². The molecule has 0 saturated heterocycles. The highest BCUT2D eigenvalue weighted by Crippen LogP contribution is 2.32. The van der Waals surface area contributed by atoms with E-state index in [0.29, 0.717) is 41.1 Å². The smallest absolute Gasteiger partial charge is 0.357 e. The van der Waals surface area contributed by atoms with Gasteiger partial charge in [0, 0.05) is 17.6 Å². The number of ether oxygens (including phenoxy) is 2. The van der Waals surface area contributed by atoms with Gasteiger partial charge in [0.25, 0.3) is 0 Å². The summed E-state index contributed by atoms with van der Waals surface area (Å²) in [6.07, 6.45) is 0.563. The summed E-state index contributed by atoms with van der Waals surface area (Å²) in [6, 6.07) is 21.7. The van der Waals surface area contributed by atoms with Gasteiger partial charge in [-0.3, -0.25) is 19.5 Å². The number of anilines is 1. The zero-order valence-electron chi connectivity index (χ0n) is 18.3. The van der Waals surface area contributed by atoms with Crippen LogP contribution in [0.15, 0.2) is 77.6 Å². The van der Waals surface area contributed by atoms with E-state index in [2.05, 4.69) is 5.32 Å². The van der Waals surface area contributed by atoms with Crippen molar-refractivity contribution in [3.63, 3.8) is 0 Å². The summed E-state index contributed by atoms with van der Waals surface area (Å²) in [5.41, 5.74) is 1.17. The Hall–Kier alpha value is -4.33. The van der Waals surface area contributed by atoms with Crippen molar-refractivity contribution in [3.8, 4) is 17.2 Å². The summed E-state index contributed by atoms with van der Waals surface area (Å²) in [4.78, 5) is 24.6. The number of benzene rings is 3. The first-order valence-electron chi connectivity index (χ1n) is 10.4. The van der Waals surface area contributed by atoms with Gasteiger partial charge in [0.15, 0.2) is 11.5 Å². The normalized spacial score (nSPS) is 10.7. The van der Waals surface area contributed by atoms with Gasteiger partial charge in [-0.05, 0) is 42.3 Å². The van der Waals surface area contributed by atoms with Crippen molar-refractivity contribution >= 4 is 22.3 Å². The van der Waals surface area contributed by atoms with Gasteiger partial charge < -0.3 is 14.8 Å². The lowest BCUT2D eigenvalue weighted by atomic mass is 10.1. The van der Waals surface area contributed by atoms with Crippen LogP contribution in [0.5, 0.6) is 11.5 Å². The Kier molecular flexibility index (Phi) is 6.26. The van der Waals surface area contributed by atoms with Crippen molar-refractivity contribution in [1.82, 2.24) is 4.57 Å². The average molecular weight is 445 g/mol. The number of pyridine rings is 1. The van der Waals surface area contributed by atoms with Crippen LogP contribution in [-0.2, 0) is 6.42 Å². The number of aromatic nitrogens is 1. The van der Waals surface area contributed by atoms with Crippen LogP contribution in [0, 0.1) is 10.1 Å². The molecule has 0 saturated carbocycles. The average Bonchev–Trinajstić information content (AvgIpc) is 2.84. The second-order valence-electron chi connectivity index (χ2n) is 7.34. The van der Waals surface area contributed by atoms with E-state index in [1.54, 1.807) is 62.8 Å². The first kappa shape index (κ1) is 21.9. The second-order valence-corrected chi connectivity index (χ2v) is 7.34. The van der Waals surface area contributed by atoms with E-state index in [9.17, 15) is 14.9 Å². The van der Waals surface area contributed by atoms with E-state index >= 15 is 0 Å². The van der Waals surface area contributed by atoms with Crippen molar-refractivity contribution in [2.45, 2.75) is 6.42 Å². The number of nitrogens with one attached hydrogen (secondary N) is 1. The fraction of sp³-hybridized carbons (Fsp3) is 0.160. The molecule has 1 heterocycles. The largest absolute Gasteiger partial charge is 0.493 e. The highest BCUT2D eigenvalue weighted by molar-refractivity contribution is 5.97. The number of para-hydroxylation sites is 2. The number of nitro groups is 1. The van der Waals surface area contributed by atoms with Gasteiger partial charge >= 0.3 is 11.2 Å². The van der Waals surface area contributed by atoms with Crippen LogP contribution in [0.25, 0.3) is 16.6 Å². The Morgan fingerprint density at radius 1 is 0.939 bits per heavy atom. The molecule has 8 heteroatoms. The Labute approximate surface area is 190 Å². The maximum atomic E-state index is 13.3. The lowest BCUT2D eigenvalue weighted by molar-refractivity contribution is -0.385. The SMILES string of the molecule is COc1ccc(CCNc2c([N+](=O)[O-])c(=O)n(-c3ccccc3)c3ccccc23)cc1OC. The molecule has 0 aliphatic rings. The zero-order chi connectivity index (χ0) is 23.4. The fourth-order valence-corrected chi connectivity index (χ4v) is 3.88. The number of rotatable bonds is 8. The third-order valence-electron chi connectivity index (χ3n) is 5.42. The lowest BCUT2D eigenvalue weighted by Crippen LogP contribution is -2.24. The molecule has 168 valence electrons. The van der Waals surface area contributed by atoms with E-state index in [4.69, 9.17) is 9.47 Å². The summed E-state index contributed by atoms with van der Waals surface area (Å²) in [5, 5.41) is 15.7. The van der Waals surface area contributed by atoms with Crippen molar-refractivity contribution in [1.29, 1.82) is 0 Å². The molecule has 1 N–H and O–H groups in total. The number of hydrogen-bond donors (Lipinski definition) is 1. The molecule has 0 spiro atoms. The summed E-state index contributed by atoms with van der Waals surface area (Å²) in [6.45, 7) is 0.384. The summed E-state index contributed by atoms with van der Waals surface area (Å²) in [5.74, 6) is 1.23. The molecule has 0 unspecified atom stereocenters. The second kappa shape index (κ2) is 9.44. The van der Waals surface area contributed by atoms with Gasteiger partial charge in [0.05, 0.1) is 24.7 Å². The third kappa shape index (κ3) is 4.23. The molecule has 1 aromatic heterocycles. The van der Waals surface area contributed by atoms with Gasteiger partial charge in [-0.15, -0.1) is 0 Å². The molecular formula is C25H23N3O5. The Bertz CT molecular complexity index is 1370. The van der Waals surface area contributed by atoms with Crippen LogP contribution in [0.3, 0.4) is 0 Å². The zero-order valence-corrected chi connectivity index (χ0v) is 18.3. The highest BCUT2D eigenvalue weighted by atomic mass is 16.6. The van der Waals surface area contributed by atoms with Crippen LogP contribution in [0.2, 0.25) is 0 Å². The molecule has 0 radical (unpaired) electrons. The number of nitrogens with zero attached hydrogens (tertiary/aromatic N) is 2. The molecule has 0 fully saturated rings. The molecule has 3 aromatic carbocycles. The first-order chi connectivity index (χ1) is 16.0. The molecule has 0 aliphatic carbocycles. The quantitative estimate of drug-likeness (QED) is 0.315. The van der Waals surface area contributed by atoms with Gasteiger partial charge in [-0.25, -0.2) is 0 Å². The van der Waals surface area contributed by atoms with Crippen LogP contribution in [0.1, 0.15) is 5.56 Å².